The van der Waals surface area contributed by atoms with Crippen LogP contribution in [0.3, 0.4) is 0 Å². The summed E-state index contributed by atoms with van der Waals surface area (Å²) in [5.74, 6) is 0. The second kappa shape index (κ2) is 8.45. The second-order valence-electron chi connectivity index (χ2n) is 1.62. The van der Waals surface area contributed by atoms with Gasteiger partial charge in [0.25, 0.3) is 0 Å². The molecule has 0 aliphatic rings. The van der Waals surface area contributed by atoms with E-state index in [-0.39, 0.29) is 49.5 Å². The Morgan fingerprint density at radius 1 is 1.10 bits per heavy atom. The number of rotatable bonds is 1. The Bertz CT molecular complexity index is 159. The predicted molar refractivity (Wildman–Crippen MR) is 40.8 cm³/mol. The molecular weight excluding hydrogens is 219 g/mol. The summed E-state index contributed by atoms with van der Waals surface area (Å²) in [5.41, 5.74) is 0. The van der Waals surface area contributed by atoms with Gasteiger partial charge in [-0.15, -0.1) is 0 Å². The molecule has 1 aromatic rings. The Morgan fingerprint density at radius 2 is 1.60 bits per heavy atom. The van der Waals surface area contributed by atoms with E-state index in [4.69, 9.17) is 0 Å². The Labute approximate surface area is 95.3 Å². The van der Waals surface area contributed by atoms with Crippen molar-refractivity contribution in [3.05, 3.63) is 30.3 Å². The van der Waals surface area contributed by atoms with Gasteiger partial charge in [-0.2, -0.15) is 3.69 Å². The van der Waals surface area contributed by atoms with Gasteiger partial charge in [0, 0.05) is 0 Å². The predicted octanol–water partition coefficient (Wildman–Crippen LogP) is -4.67. The number of hydrogen-bond donors (Lipinski definition) is 0. The Balaban J connectivity index is 0. The van der Waals surface area contributed by atoms with Crippen molar-refractivity contribution in [1.29, 1.82) is 0 Å². The van der Waals surface area contributed by atoms with E-state index in [1.807, 2.05) is 6.07 Å². The zero-order chi connectivity index (χ0) is 5.82. The molecule has 1 rings (SSSR count). The van der Waals surface area contributed by atoms with Crippen LogP contribution in [-0.2, 0) is 0 Å². The van der Waals surface area contributed by atoms with Gasteiger partial charge in [-0.05, 0) is 0 Å². The van der Waals surface area contributed by atoms with E-state index in [2.05, 4.69) is 37.1 Å². The van der Waals surface area contributed by atoms with E-state index in [0.717, 1.165) is 0 Å². The minimum Gasteiger partial charge on any atom is -1.00 e. The van der Waals surface area contributed by atoms with Gasteiger partial charge in [-0.25, -0.2) is 0 Å². The molecule has 0 aliphatic heterocycles. The smallest absolute Gasteiger partial charge is 1.00 e. The fourth-order valence-corrected chi connectivity index (χ4v) is 2.14. The van der Waals surface area contributed by atoms with Crippen molar-refractivity contribution in [3.63, 3.8) is 0 Å². The largest absolute Gasteiger partial charge is 1.00 e. The van der Waals surface area contributed by atoms with Crippen molar-refractivity contribution in [1.82, 2.24) is 0 Å². The topological polar surface area (TPSA) is 0 Å². The summed E-state index contributed by atoms with van der Waals surface area (Å²) in [5, 5.41) is 0. The summed E-state index contributed by atoms with van der Waals surface area (Å²) in [6.45, 7) is 0. The normalized spacial score (nSPS) is 6.50. The average Bonchev–Trinajstić information content (AvgIpc) is 1.90. The quantitative estimate of drug-likeness (QED) is 0.420. The standard InChI is InChI=1S/C6H5.BrH.ClH.Li.Mg/c1-2-4-6-5-3-1;;;;/h1-5H;2*1H;;/q;;;2*+1/p-2. The summed E-state index contributed by atoms with van der Waals surface area (Å²) >= 11 is 3.40. The first-order valence-corrected chi connectivity index (χ1v) is 7.14. The number of hydrogen-bond acceptors (Lipinski definition) is 0. The molecule has 0 bridgehead atoms. The van der Waals surface area contributed by atoms with Gasteiger partial charge in [0.2, 0.25) is 0 Å². The Morgan fingerprint density at radius 3 is 1.90 bits per heavy atom. The Kier molecular flexibility index (Phi) is 11.8. The molecule has 0 saturated heterocycles. The van der Waals surface area contributed by atoms with Crippen LogP contribution in [0.2, 0.25) is 0 Å². The minimum absolute atomic E-state index is 0. The molecule has 0 aliphatic carbocycles. The summed E-state index contributed by atoms with van der Waals surface area (Å²) in [6, 6.07) is 10.5. The van der Waals surface area contributed by atoms with E-state index in [0.29, 0.717) is 0 Å². The molecule has 0 fully saturated rings. The van der Waals surface area contributed by atoms with Crippen molar-refractivity contribution < 1.29 is 31.3 Å². The molecule has 1 aromatic carbocycles. The molecule has 0 N–H and O–H groups in total. The van der Waals surface area contributed by atoms with Crippen LogP contribution in [0.15, 0.2) is 30.3 Å². The minimum atomic E-state index is -0.0962. The Hall–Kier alpha value is 1.35. The summed E-state index contributed by atoms with van der Waals surface area (Å²) < 4.78 is 1.47. The van der Waals surface area contributed by atoms with Gasteiger partial charge >= 0.3 is 37.1 Å². The number of halogens is 2. The molecule has 0 spiro atoms. The van der Waals surface area contributed by atoms with Crippen LogP contribution in [0.4, 0.5) is 0 Å². The van der Waals surface area contributed by atoms with E-state index in [1.165, 1.54) is 3.69 Å². The first-order valence-electron chi connectivity index (χ1n) is 2.53. The first kappa shape index (κ1) is 13.9. The van der Waals surface area contributed by atoms with Crippen molar-refractivity contribution in [3.8, 4) is 0 Å². The van der Waals surface area contributed by atoms with Gasteiger partial charge in [-0.1, -0.05) is 30.3 Å². The zero-order valence-corrected chi connectivity index (χ0v) is 9.61. The van der Waals surface area contributed by atoms with Crippen molar-refractivity contribution in [2.75, 3.05) is 0 Å². The van der Waals surface area contributed by atoms with Gasteiger partial charge in [0.1, 0.15) is 0 Å². The summed E-state index contributed by atoms with van der Waals surface area (Å²) in [6.07, 6.45) is 0. The molecule has 10 heavy (non-hydrogen) atoms. The molecule has 0 heterocycles. The van der Waals surface area contributed by atoms with Gasteiger partial charge in [0.05, 0.1) is 0 Å². The maximum Gasteiger partial charge on any atom is 1.00 e. The molecule has 0 atom stereocenters. The van der Waals surface area contributed by atoms with E-state index < -0.39 is 0 Å². The third-order valence-electron chi connectivity index (χ3n) is 0.997. The van der Waals surface area contributed by atoms with Crippen LogP contribution in [0.1, 0.15) is 0 Å². The molecule has 0 radical (unpaired) electrons. The molecule has 4 heteroatoms. The van der Waals surface area contributed by atoms with E-state index >= 15 is 0 Å². The fraction of sp³-hybridized carbons (Fsp3) is 0. The zero-order valence-electron chi connectivity index (χ0n) is 5.85. The van der Waals surface area contributed by atoms with Gasteiger partial charge in [-0.3, -0.25) is 12.9 Å². The molecule has 0 aromatic heterocycles. The van der Waals surface area contributed by atoms with E-state index in [1.54, 1.807) is 0 Å². The summed E-state index contributed by atoms with van der Waals surface area (Å²) in [4.78, 5) is 0. The van der Waals surface area contributed by atoms with Crippen molar-refractivity contribution in [2.24, 2.45) is 0 Å². The fourth-order valence-electron chi connectivity index (χ4n) is 0.567. The summed E-state index contributed by atoms with van der Waals surface area (Å²) in [7, 11) is 0. The van der Waals surface area contributed by atoms with Crippen molar-refractivity contribution >= 4 is 34.8 Å². The third-order valence-corrected chi connectivity index (χ3v) is 3.72. The second-order valence-corrected chi connectivity index (χ2v) is 4.39. The van der Waals surface area contributed by atoms with Crippen LogP contribution >= 0.6 is 12.9 Å². The molecule has 0 unspecified atom stereocenters. The molecule has 0 nitrogen and oxygen atoms in total. The first-order chi connectivity index (χ1) is 3.93. The van der Waals surface area contributed by atoms with Crippen LogP contribution < -0.4 is 35.0 Å². The third kappa shape index (κ3) is 5.06. The number of benzene rings is 1. The van der Waals surface area contributed by atoms with Crippen molar-refractivity contribution in [2.45, 2.75) is 0 Å². The van der Waals surface area contributed by atoms with Crippen LogP contribution in [-0.4, -0.2) is 18.2 Å². The average molecular weight is 224 g/mol. The molecule has 0 amide bonds. The van der Waals surface area contributed by atoms with Gasteiger partial charge < -0.3 is 12.4 Å². The van der Waals surface area contributed by atoms with Crippen LogP contribution in [0.5, 0.6) is 0 Å². The van der Waals surface area contributed by atoms with E-state index in [9.17, 15) is 0 Å². The monoisotopic (exact) mass is 222 g/mol. The maximum absolute atomic E-state index is 3.50. The SMILES string of the molecule is [Br][Mg][c]1ccccc1.[Cl-].[Li+]. The molecule has 46 valence electrons. The van der Waals surface area contributed by atoms with Crippen LogP contribution in [0.25, 0.3) is 0 Å². The molecular formula is C6H5BrClLiMg. The van der Waals surface area contributed by atoms with Gasteiger partial charge in [0.15, 0.2) is 0 Å². The maximum atomic E-state index is 3.50. The van der Waals surface area contributed by atoms with Crippen LogP contribution in [0, 0.1) is 0 Å². The molecule has 0 saturated carbocycles.